The normalized spacial score (nSPS) is 21.2. The molecular formula is C26H29ClF3N7O. The Kier molecular flexibility index (Phi) is 6.92. The number of pyridine rings is 1. The van der Waals surface area contributed by atoms with Gasteiger partial charge < -0.3 is 25.3 Å². The van der Waals surface area contributed by atoms with Gasteiger partial charge in [0.15, 0.2) is 0 Å². The molecule has 5 rings (SSSR count). The van der Waals surface area contributed by atoms with Gasteiger partial charge in [0.05, 0.1) is 16.9 Å². The van der Waals surface area contributed by atoms with E-state index in [-0.39, 0.29) is 17.4 Å². The number of fused-ring (bicyclic) bond motifs is 1. The summed E-state index contributed by atoms with van der Waals surface area (Å²) in [4.78, 5) is 23.7. The molecule has 1 amide bonds. The number of nitriles is 1. The first-order valence-corrected chi connectivity index (χ1v) is 12.9. The van der Waals surface area contributed by atoms with Gasteiger partial charge in [-0.15, -0.1) is 0 Å². The van der Waals surface area contributed by atoms with Crippen molar-refractivity contribution >= 4 is 34.7 Å². The lowest BCUT2D eigenvalue weighted by molar-refractivity contribution is -0.137. The molecule has 3 aliphatic rings. The van der Waals surface area contributed by atoms with Gasteiger partial charge in [-0.1, -0.05) is 11.6 Å². The Bertz CT molecular complexity index is 1280. The number of nitrogens with zero attached hydrogens (tertiary/aromatic N) is 5. The second kappa shape index (κ2) is 9.91. The number of aryl methyl sites for hydroxylation is 1. The van der Waals surface area contributed by atoms with Crippen LogP contribution in [0.25, 0.3) is 0 Å². The maximum Gasteiger partial charge on any atom is 0.417 e. The average molecular weight is 548 g/mol. The number of alkyl halides is 3. The molecule has 0 unspecified atom stereocenters. The Labute approximate surface area is 224 Å². The fraction of sp³-hybridized carbons (Fsp3) is 0.500. The van der Waals surface area contributed by atoms with Crippen LogP contribution in [-0.2, 0) is 11.0 Å². The number of carbonyl (C=O) groups is 1. The van der Waals surface area contributed by atoms with Gasteiger partial charge in [0.2, 0.25) is 5.91 Å². The molecule has 2 N–H and O–H groups in total. The van der Waals surface area contributed by atoms with Gasteiger partial charge in [-0.2, -0.15) is 18.4 Å². The highest BCUT2D eigenvalue weighted by Gasteiger charge is 2.47. The van der Waals surface area contributed by atoms with E-state index in [0.29, 0.717) is 35.6 Å². The predicted molar refractivity (Wildman–Crippen MR) is 140 cm³/mol. The monoisotopic (exact) mass is 547 g/mol. The molecule has 12 heteroatoms. The molecule has 1 aromatic heterocycles. The van der Waals surface area contributed by atoms with E-state index in [4.69, 9.17) is 11.6 Å². The molecule has 1 spiro atoms. The van der Waals surface area contributed by atoms with Crippen molar-refractivity contribution in [3.05, 3.63) is 46.1 Å². The SMILES string of the molecule is Cc1cc(C(F)(F)F)c(C#N)c(N[C@H]2CCN(CCN3CC4(CNC4)C3)c3cc(Cl)ccc3N(C)C2=O)n1. The lowest BCUT2D eigenvalue weighted by atomic mass is 9.74. The third-order valence-corrected chi connectivity index (χ3v) is 7.87. The molecule has 1 atom stereocenters. The maximum absolute atomic E-state index is 13.6. The number of likely N-dealkylation sites (N-methyl/N-ethyl adjacent to an activating group) is 1. The van der Waals surface area contributed by atoms with Gasteiger partial charge in [-0.3, -0.25) is 4.79 Å². The second-order valence-corrected chi connectivity index (χ2v) is 10.9. The third kappa shape index (κ3) is 5.00. The van der Waals surface area contributed by atoms with Crippen LogP contribution in [0.1, 0.15) is 23.2 Å². The van der Waals surface area contributed by atoms with Gasteiger partial charge in [-0.25, -0.2) is 4.98 Å². The quantitative estimate of drug-likeness (QED) is 0.592. The highest BCUT2D eigenvalue weighted by atomic mass is 35.5. The Balaban J connectivity index is 1.41. The van der Waals surface area contributed by atoms with E-state index in [1.807, 2.05) is 6.07 Å². The van der Waals surface area contributed by atoms with Crippen molar-refractivity contribution < 1.29 is 18.0 Å². The van der Waals surface area contributed by atoms with Gasteiger partial charge in [0.25, 0.3) is 0 Å². The first kappa shape index (κ1) is 26.5. The number of nitrogens with one attached hydrogen (secondary N) is 2. The summed E-state index contributed by atoms with van der Waals surface area (Å²) in [5, 5.41) is 16.3. The zero-order chi connectivity index (χ0) is 27.2. The van der Waals surface area contributed by atoms with Crippen LogP contribution in [-0.4, -0.2) is 74.7 Å². The minimum absolute atomic E-state index is 0.0982. The van der Waals surface area contributed by atoms with Crippen LogP contribution in [0.15, 0.2) is 24.3 Å². The summed E-state index contributed by atoms with van der Waals surface area (Å²) in [7, 11) is 1.63. The number of rotatable bonds is 5. The minimum Gasteiger partial charge on any atom is -0.368 e. The Morgan fingerprint density at radius 3 is 2.61 bits per heavy atom. The topological polar surface area (TPSA) is 87.5 Å². The zero-order valence-electron chi connectivity index (χ0n) is 21.2. The standard InChI is InChI=1S/C26H29ClF3N7O/c1-16-9-19(26(28,29)30)18(11-31)23(33-16)34-20-5-6-37(8-7-36-14-25(15-36)12-32-13-25)22-10-17(27)3-4-21(22)35(2)24(20)38/h3-4,9-10,20,32H,5-8,12-15H2,1-2H3,(H,33,34)/t20-/m0/s1. The first-order chi connectivity index (χ1) is 18.0. The van der Waals surface area contributed by atoms with Crippen LogP contribution in [0.4, 0.5) is 30.4 Å². The molecular weight excluding hydrogens is 519 g/mol. The van der Waals surface area contributed by atoms with Crippen LogP contribution in [0.5, 0.6) is 0 Å². The number of aromatic nitrogens is 1. The van der Waals surface area contributed by atoms with Crippen molar-refractivity contribution in [2.45, 2.75) is 25.6 Å². The molecule has 0 aliphatic carbocycles. The second-order valence-electron chi connectivity index (χ2n) is 10.5. The van der Waals surface area contributed by atoms with Crippen LogP contribution in [0, 0.1) is 23.7 Å². The molecule has 2 fully saturated rings. The maximum atomic E-state index is 13.6. The summed E-state index contributed by atoms with van der Waals surface area (Å²) in [6, 6.07) is 6.91. The summed E-state index contributed by atoms with van der Waals surface area (Å²) >= 11 is 6.33. The number of likely N-dealkylation sites (tertiary alicyclic amines) is 1. The number of anilines is 3. The fourth-order valence-electron chi connectivity index (χ4n) is 5.59. The Morgan fingerprint density at radius 1 is 1.24 bits per heavy atom. The molecule has 0 saturated carbocycles. The number of amides is 1. The van der Waals surface area contributed by atoms with E-state index in [1.165, 1.54) is 11.8 Å². The molecule has 2 aromatic rings. The molecule has 4 heterocycles. The van der Waals surface area contributed by atoms with E-state index in [2.05, 4.69) is 25.4 Å². The lowest BCUT2D eigenvalue weighted by Crippen LogP contribution is -2.71. The molecule has 2 saturated heterocycles. The zero-order valence-corrected chi connectivity index (χ0v) is 22.0. The van der Waals surface area contributed by atoms with E-state index < -0.39 is 23.3 Å². The summed E-state index contributed by atoms with van der Waals surface area (Å²) in [5.74, 6) is -0.578. The van der Waals surface area contributed by atoms with Crippen molar-refractivity contribution in [1.82, 2.24) is 15.2 Å². The number of carbonyl (C=O) groups excluding carboxylic acids is 1. The smallest absolute Gasteiger partial charge is 0.368 e. The summed E-state index contributed by atoms with van der Waals surface area (Å²) in [6.07, 6.45) is -4.43. The molecule has 3 aliphatic heterocycles. The number of halogens is 4. The van der Waals surface area contributed by atoms with Crippen molar-refractivity contribution in [2.75, 3.05) is 68.0 Å². The first-order valence-electron chi connectivity index (χ1n) is 12.5. The third-order valence-electron chi connectivity index (χ3n) is 7.64. The molecule has 202 valence electrons. The molecule has 38 heavy (non-hydrogen) atoms. The predicted octanol–water partition coefficient (Wildman–Crippen LogP) is 3.49. The Hall–Kier alpha value is -3.07. The summed E-state index contributed by atoms with van der Waals surface area (Å²) in [6.45, 7) is 7.65. The van der Waals surface area contributed by atoms with Crippen molar-refractivity contribution in [3.63, 3.8) is 0 Å². The highest BCUT2D eigenvalue weighted by Crippen LogP contribution is 2.38. The molecule has 8 nitrogen and oxygen atoms in total. The van der Waals surface area contributed by atoms with Crippen LogP contribution in [0.2, 0.25) is 5.02 Å². The Morgan fingerprint density at radius 2 is 1.97 bits per heavy atom. The van der Waals surface area contributed by atoms with Gasteiger partial charge in [0, 0.05) is 69.0 Å². The fourth-order valence-corrected chi connectivity index (χ4v) is 5.75. The van der Waals surface area contributed by atoms with E-state index in [9.17, 15) is 23.2 Å². The van der Waals surface area contributed by atoms with E-state index >= 15 is 0 Å². The highest BCUT2D eigenvalue weighted by molar-refractivity contribution is 6.31. The number of benzene rings is 1. The van der Waals surface area contributed by atoms with Crippen molar-refractivity contribution in [2.24, 2.45) is 5.41 Å². The van der Waals surface area contributed by atoms with Crippen LogP contribution in [0.3, 0.4) is 0 Å². The molecule has 1 aromatic carbocycles. The number of hydrogen-bond acceptors (Lipinski definition) is 7. The van der Waals surface area contributed by atoms with Gasteiger partial charge in [0.1, 0.15) is 23.5 Å². The van der Waals surface area contributed by atoms with Crippen LogP contribution < -0.4 is 20.4 Å². The lowest BCUT2D eigenvalue weighted by Gasteiger charge is -2.56. The van der Waals surface area contributed by atoms with E-state index in [1.54, 1.807) is 25.2 Å². The van der Waals surface area contributed by atoms with Gasteiger partial charge >= 0.3 is 6.18 Å². The number of hydrogen-bond donors (Lipinski definition) is 2. The van der Waals surface area contributed by atoms with Crippen molar-refractivity contribution in [3.8, 4) is 6.07 Å². The average Bonchev–Trinajstić information content (AvgIpc) is 2.80. The largest absolute Gasteiger partial charge is 0.417 e. The van der Waals surface area contributed by atoms with E-state index in [0.717, 1.165) is 44.5 Å². The summed E-state index contributed by atoms with van der Waals surface area (Å²) in [5.41, 5.74) is 0.300. The minimum atomic E-state index is -4.73. The molecule has 0 bridgehead atoms. The van der Waals surface area contributed by atoms with Crippen LogP contribution >= 0.6 is 11.6 Å². The summed E-state index contributed by atoms with van der Waals surface area (Å²) < 4.78 is 40.9. The molecule has 0 radical (unpaired) electrons. The van der Waals surface area contributed by atoms with Crippen molar-refractivity contribution in [1.29, 1.82) is 5.26 Å². The van der Waals surface area contributed by atoms with Gasteiger partial charge in [-0.05, 0) is 37.6 Å².